The Kier molecular flexibility index (Phi) is 3.51. The summed E-state index contributed by atoms with van der Waals surface area (Å²) in [4.78, 5) is 4.21. The molecule has 0 aliphatic heterocycles. The van der Waals surface area contributed by atoms with E-state index in [2.05, 4.69) is 26.0 Å². The van der Waals surface area contributed by atoms with Crippen LogP contribution in [0.15, 0.2) is 16.7 Å². The molecule has 0 bridgehead atoms. The summed E-state index contributed by atoms with van der Waals surface area (Å²) in [7, 11) is 0. The Morgan fingerprint density at radius 3 is 2.71 bits per heavy atom. The van der Waals surface area contributed by atoms with E-state index in [4.69, 9.17) is 16.7 Å². The third-order valence-electron chi connectivity index (χ3n) is 2.51. The maximum atomic E-state index is 9.17. The molecule has 0 saturated carbocycles. The van der Waals surface area contributed by atoms with Crippen molar-refractivity contribution in [1.82, 2.24) is 14.8 Å². The molecular weight excluding hydrogens is 305 g/mol. The molecule has 17 heavy (non-hydrogen) atoms. The van der Waals surface area contributed by atoms with Crippen molar-refractivity contribution in [2.75, 3.05) is 0 Å². The van der Waals surface area contributed by atoms with E-state index >= 15 is 0 Å². The molecule has 2 aromatic rings. The average Bonchev–Trinajstić information content (AvgIpc) is 2.58. The number of halogens is 2. The normalized spacial score (nSPS) is 10.9. The molecule has 0 spiro atoms. The van der Waals surface area contributed by atoms with Crippen LogP contribution in [0.2, 0.25) is 5.02 Å². The zero-order chi connectivity index (χ0) is 12.6. The number of aryl methyl sites for hydroxylation is 1. The molecule has 1 N–H and O–H groups in total. The number of aliphatic hydroxyl groups excluding tert-OH is 1. The smallest absolute Gasteiger partial charge is 0.154 e. The molecule has 0 atom stereocenters. The highest BCUT2D eigenvalue weighted by Gasteiger charge is 2.12. The van der Waals surface area contributed by atoms with Crippen LogP contribution in [-0.4, -0.2) is 19.9 Å². The minimum Gasteiger partial charge on any atom is -0.392 e. The quantitative estimate of drug-likeness (QED) is 0.927. The predicted octanol–water partition coefficient (Wildman–Crippen LogP) is 2.79. The molecule has 0 unspecified atom stereocenters. The fourth-order valence-corrected chi connectivity index (χ4v) is 1.96. The third-order valence-corrected chi connectivity index (χ3v) is 4.00. The van der Waals surface area contributed by atoms with E-state index < -0.39 is 0 Å². The van der Waals surface area contributed by atoms with Gasteiger partial charge in [0, 0.05) is 11.8 Å². The van der Waals surface area contributed by atoms with Crippen LogP contribution in [-0.2, 0) is 6.61 Å². The number of aliphatic hydroxyl groups is 1. The van der Waals surface area contributed by atoms with Gasteiger partial charge in [0.05, 0.1) is 27.5 Å². The molecular formula is C11H11BrClN3O. The number of nitrogens with zero attached hydrogens (tertiary/aromatic N) is 3. The predicted molar refractivity (Wildman–Crippen MR) is 69.5 cm³/mol. The van der Waals surface area contributed by atoms with Gasteiger partial charge in [0.1, 0.15) is 0 Å². The fraction of sp³-hybridized carbons (Fsp3) is 0.273. The molecule has 90 valence electrons. The molecule has 0 aliphatic rings. The summed E-state index contributed by atoms with van der Waals surface area (Å²) in [6.45, 7) is 3.74. The highest BCUT2D eigenvalue weighted by Crippen LogP contribution is 2.24. The largest absolute Gasteiger partial charge is 0.392 e. The van der Waals surface area contributed by atoms with Crippen LogP contribution in [0.5, 0.6) is 0 Å². The van der Waals surface area contributed by atoms with Gasteiger partial charge in [0.15, 0.2) is 5.82 Å². The second-order valence-corrected chi connectivity index (χ2v) is 4.89. The summed E-state index contributed by atoms with van der Waals surface area (Å²) in [5.74, 6) is 0.643. The Bertz CT molecular complexity index is 568. The van der Waals surface area contributed by atoms with Gasteiger partial charge in [-0.2, -0.15) is 5.10 Å². The van der Waals surface area contributed by atoms with E-state index in [1.54, 1.807) is 10.7 Å². The van der Waals surface area contributed by atoms with Crippen molar-refractivity contribution in [3.63, 3.8) is 0 Å². The van der Waals surface area contributed by atoms with Crippen LogP contribution in [0.25, 0.3) is 5.82 Å². The first-order valence-corrected chi connectivity index (χ1v) is 6.19. The standard InChI is InChI=1S/C11H11BrClN3O/c1-6-11(12)7(2)16(15-6)10-3-8(5-17)9(13)4-14-10/h3-4,17H,5H2,1-2H3. The molecule has 0 amide bonds. The van der Waals surface area contributed by atoms with E-state index in [9.17, 15) is 0 Å². The van der Waals surface area contributed by atoms with Crippen LogP contribution < -0.4 is 0 Å². The number of aromatic nitrogens is 3. The molecule has 0 saturated heterocycles. The second kappa shape index (κ2) is 4.76. The molecule has 0 radical (unpaired) electrons. The first-order valence-electron chi connectivity index (χ1n) is 5.02. The molecule has 2 aromatic heterocycles. The lowest BCUT2D eigenvalue weighted by molar-refractivity contribution is 0.281. The van der Waals surface area contributed by atoms with E-state index in [0.29, 0.717) is 16.4 Å². The third kappa shape index (κ3) is 2.22. The highest BCUT2D eigenvalue weighted by molar-refractivity contribution is 9.10. The van der Waals surface area contributed by atoms with Gasteiger partial charge in [-0.3, -0.25) is 0 Å². The second-order valence-electron chi connectivity index (χ2n) is 3.69. The van der Waals surface area contributed by atoms with Gasteiger partial charge >= 0.3 is 0 Å². The Morgan fingerprint density at radius 1 is 1.47 bits per heavy atom. The van der Waals surface area contributed by atoms with Crippen molar-refractivity contribution in [2.24, 2.45) is 0 Å². The lowest BCUT2D eigenvalue weighted by Gasteiger charge is -2.06. The van der Waals surface area contributed by atoms with Gasteiger partial charge in [0.25, 0.3) is 0 Å². The van der Waals surface area contributed by atoms with Crippen LogP contribution in [0.4, 0.5) is 0 Å². The summed E-state index contributed by atoms with van der Waals surface area (Å²) in [5, 5.41) is 14.0. The van der Waals surface area contributed by atoms with Crippen molar-refractivity contribution in [1.29, 1.82) is 0 Å². The first kappa shape index (κ1) is 12.5. The molecule has 0 aliphatic carbocycles. The minimum absolute atomic E-state index is 0.116. The monoisotopic (exact) mass is 315 g/mol. The van der Waals surface area contributed by atoms with Crippen LogP contribution in [0.1, 0.15) is 17.0 Å². The topological polar surface area (TPSA) is 50.9 Å². The summed E-state index contributed by atoms with van der Waals surface area (Å²) in [5.41, 5.74) is 2.49. The van der Waals surface area contributed by atoms with Crippen molar-refractivity contribution in [2.45, 2.75) is 20.5 Å². The van der Waals surface area contributed by atoms with Crippen molar-refractivity contribution < 1.29 is 5.11 Å². The summed E-state index contributed by atoms with van der Waals surface area (Å²) in [6, 6.07) is 1.73. The lowest BCUT2D eigenvalue weighted by Crippen LogP contribution is -2.03. The number of hydrogen-bond donors (Lipinski definition) is 1. The summed E-state index contributed by atoms with van der Waals surface area (Å²) in [6.07, 6.45) is 1.52. The lowest BCUT2D eigenvalue weighted by atomic mass is 10.3. The van der Waals surface area contributed by atoms with Gasteiger partial charge < -0.3 is 5.11 Å². The number of pyridine rings is 1. The molecule has 6 heteroatoms. The average molecular weight is 317 g/mol. The maximum absolute atomic E-state index is 9.17. The summed E-state index contributed by atoms with van der Waals surface area (Å²) < 4.78 is 2.68. The van der Waals surface area contributed by atoms with E-state index in [1.807, 2.05) is 13.8 Å². The summed E-state index contributed by atoms with van der Waals surface area (Å²) >= 11 is 9.36. The highest BCUT2D eigenvalue weighted by atomic mass is 79.9. The van der Waals surface area contributed by atoms with Crippen molar-refractivity contribution >= 4 is 27.5 Å². The zero-order valence-electron chi connectivity index (χ0n) is 9.41. The number of rotatable bonds is 2. The SMILES string of the molecule is Cc1nn(-c2cc(CO)c(Cl)cn2)c(C)c1Br. The number of hydrogen-bond acceptors (Lipinski definition) is 3. The Balaban J connectivity index is 2.57. The molecule has 4 nitrogen and oxygen atoms in total. The van der Waals surface area contributed by atoms with Crippen LogP contribution in [0, 0.1) is 13.8 Å². The van der Waals surface area contributed by atoms with Gasteiger partial charge in [-0.25, -0.2) is 9.67 Å². The maximum Gasteiger partial charge on any atom is 0.154 e. The first-order chi connectivity index (χ1) is 8.04. The van der Waals surface area contributed by atoms with Gasteiger partial charge in [-0.1, -0.05) is 11.6 Å². The van der Waals surface area contributed by atoms with E-state index in [0.717, 1.165) is 15.9 Å². The van der Waals surface area contributed by atoms with Crippen LogP contribution >= 0.6 is 27.5 Å². The van der Waals surface area contributed by atoms with E-state index in [1.165, 1.54) is 6.20 Å². The molecule has 2 rings (SSSR count). The van der Waals surface area contributed by atoms with Crippen molar-refractivity contribution in [3.8, 4) is 5.82 Å². The van der Waals surface area contributed by atoms with Crippen LogP contribution in [0.3, 0.4) is 0 Å². The Labute approximate surface area is 112 Å². The Morgan fingerprint density at radius 2 is 2.18 bits per heavy atom. The zero-order valence-corrected chi connectivity index (χ0v) is 11.7. The van der Waals surface area contributed by atoms with Crippen molar-refractivity contribution in [3.05, 3.63) is 38.7 Å². The molecule has 0 aromatic carbocycles. The van der Waals surface area contributed by atoms with Gasteiger partial charge in [-0.05, 0) is 35.8 Å². The fourth-order valence-electron chi connectivity index (χ4n) is 1.55. The van der Waals surface area contributed by atoms with Gasteiger partial charge in [-0.15, -0.1) is 0 Å². The molecule has 2 heterocycles. The van der Waals surface area contributed by atoms with Gasteiger partial charge in [0.2, 0.25) is 0 Å². The minimum atomic E-state index is -0.116. The van der Waals surface area contributed by atoms with E-state index in [-0.39, 0.29) is 6.61 Å². The Hall–Kier alpha value is -0.910. The molecule has 0 fully saturated rings.